The molecule has 132 valence electrons. The Morgan fingerprint density at radius 1 is 1.08 bits per heavy atom. The van der Waals surface area contributed by atoms with Crippen molar-refractivity contribution in [2.24, 2.45) is 10.8 Å². The first-order valence-electron chi connectivity index (χ1n) is 8.05. The Morgan fingerprint density at radius 2 is 1.76 bits per heavy atom. The number of nitrogens with one attached hydrogen (secondary N) is 1. The van der Waals surface area contributed by atoms with Gasteiger partial charge in [0.25, 0.3) is 0 Å². The average Bonchev–Trinajstić information content (AvgIpc) is 2.54. The maximum absolute atomic E-state index is 10.6. The van der Waals surface area contributed by atoms with E-state index in [2.05, 4.69) is 30.4 Å². The van der Waals surface area contributed by atoms with Gasteiger partial charge in [0.15, 0.2) is 0 Å². The topological polar surface area (TPSA) is 85.9 Å². The van der Waals surface area contributed by atoms with Crippen LogP contribution in [0, 0.1) is 13.8 Å². The van der Waals surface area contributed by atoms with E-state index in [0.29, 0.717) is 13.2 Å². The molecule has 25 heavy (non-hydrogen) atoms. The zero-order valence-electron chi connectivity index (χ0n) is 14.5. The molecular weight excluding hydrogens is 318 g/mol. The largest absolute Gasteiger partial charge is 0.493 e. The van der Waals surface area contributed by atoms with Gasteiger partial charge in [-0.25, -0.2) is 10.2 Å². The van der Waals surface area contributed by atoms with Crippen LogP contribution in [0.3, 0.4) is 0 Å². The summed E-state index contributed by atoms with van der Waals surface area (Å²) < 4.78 is 11.5. The summed E-state index contributed by atoms with van der Waals surface area (Å²) in [6.45, 7) is 5.24. The summed E-state index contributed by atoms with van der Waals surface area (Å²) in [6.07, 6.45) is 2.27. The molecular formula is C19H23N3O3. The molecule has 2 rings (SSSR count). The fourth-order valence-electron chi connectivity index (χ4n) is 2.31. The van der Waals surface area contributed by atoms with E-state index in [9.17, 15) is 4.79 Å². The van der Waals surface area contributed by atoms with E-state index >= 15 is 0 Å². The van der Waals surface area contributed by atoms with Gasteiger partial charge in [0.2, 0.25) is 0 Å². The van der Waals surface area contributed by atoms with Crippen LogP contribution in [0.1, 0.15) is 23.1 Å². The van der Waals surface area contributed by atoms with E-state index in [1.54, 1.807) is 0 Å². The molecule has 0 saturated heterocycles. The SMILES string of the molecule is Cc1cc(C)cc(OCCCOc2cccc(/C=N/NC(N)=O)c2)c1. The van der Waals surface area contributed by atoms with Gasteiger partial charge in [-0.3, -0.25) is 0 Å². The number of ether oxygens (including phenoxy) is 2. The Bertz CT molecular complexity index is 724. The van der Waals surface area contributed by atoms with Gasteiger partial charge in [-0.05, 0) is 54.8 Å². The van der Waals surface area contributed by atoms with E-state index in [0.717, 1.165) is 23.5 Å². The van der Waals surface area contributed by atoms with Crippen LogP contribution in [0.2, 0.25) is 0 Å². The van der Waals surface area contributed by atoms with Crippen LogP contribution in [0.5, 0.6) is 11.5 Å². The van der Waals surface area contributed by atoms with Crippen LogP contribution < -0.4 is 20.6 Å². The molecule has 0 heterocycles. The Hall–Kier alpha value is -3.02. The van der Waals surface area contributed by atoms with Gasteiger partial charge in [-0.2, -0.15) is 5.10 Å². The summed E-state index contributed by atoms with van der Waals surface area (Å²) in [5.41, 5.74) is 10.3. The molecule has 0 atom stereocenters. The standard InChI is InChI=1S/C19H23N3O3/c1-14-9-15(2)11-18(10-14)25-8-4-7-24-17-6-3-5-16(12-17)13-21-22-19(20)23/h3,5-6,9-13H,4,7-8H2,1-2H3,(H3,20,22,23)/b21-13+. The number of benzene rings is 2. The molecule has 2 aromatic carbocycles. The highest BCUT2D eigenvalue weighted by Crippen LogP contribution is 2.16. The monoisotopic (exact) mass is 341 g/mol. The van der Waals surface area contributed by atoms with Crippen molar-refractivity contribution in [3.8, 4) is 11.5 Å². The predicted octanol–water partition coefficient (Wildman–Crippen LogP) is 3.15. The lowest BCUT2D eigenvalue weighted by Crippen LogP contribution is -2.24. The quantitative estimate of drug-likeness (QED) is 0.439. The number of aryl methyl sites for hydroxylation is 2. The molecule has 2 aromatic rings. The highest BCUT2D eigenvalue weighted by Gasteiger charge is 1.99. The molecule has 3 N–H and O–H groups in total. The molecule has 0 aromatic heterocycles. The van der Waals surface area contributed by atoms with Gasteiger partial charge < -0.3 is 15.2 Å². The number of carbonyl (C=O) groups excluding carboxylic acids is 1. The fourth-order valence-corrected chi connectivity index (χ4v) is 2.31. The van der Waals surface area contributed by atoms with Gasteiger partial charge in [0.05, 0.1) is 19.4 Å². The van der Waals surface area contributed by atoms with Crippen molar-refractivity contribution in [2.75, 3.05) is 13.2 Å². The highest BCUT2D eigenvalue weighted by molar-refractivity contribution is 5.81. The molecule has 0 aliphatic rings. The normalized spacial score (nSPS) is 10.6. The van der Waals surface area contributed by atoms with E-state index in [4.69, 9.17) is 15.2 Å². The van der Waals surface area contributed by atoms with Gasteiger partial charge in [0, 0.05) is 6.42 Å². The predicted molar refractivity (Wildman–Crippen MR) is 98.3 cm³/mol. The third-order valence-corrected chi connectivity index (χ3v) is 3.27. The van der Waals surface area contributed by atoms with Crippen LogP contribution >= 0.6 is 0 Å². The number of hydrazone groups is 1. The molecule has 0 fully saturated rings. The summed E-state index contributed by atoms with van der Waals surface area (Å²) in [5, 5.41) is 3.71. The minimum absolute atomic E-state index is 0.547. The molecule has 2 amide bonds. The number of nitrogens with two attached hydrogens (primary N) is 1. The first-order chi connectivity index (χ1) is 12.0. The van der Waals surface area contributed by atoms with Crippen molar-refractivity contribution in [2.45, 2.75) is 20.3 Å². The number of hydrogen-bond acceptors (Lipinski definition) is 4. The van der Waals surface area contributed by atoms with Crippen molar-refractivity contribution in [3.63, 3.8) is 0 Å². The highest BCUT2D eigenvalue weighted by atomic mass is 16.5. The summed E-state index contributed by atoms with van der Waals surface area (Å²) in [4.78, 5) is 10.6. The van der Waals surface area contributed by atoms with Crippen molar-refractivity contribution >= 4 is 12.2 Å². The average molecular weight is 341 g/mol. The molecule has 6 nitrogen and oxygen atoms in total. The molecule has 0 aliphatic carbocycles. The number of hydrogen-bond donors (Lipinski definition) is 2. The van der Waals surface area contributed by atoms with Crippen molar-refractivity contribution < 1.29 is 14.3 Å². The summed E-state index contributed by atoms with van der Waals surface area (Å²) in [7, 11) is 0. The van der Waals surface area contributed by atoms with Crippen LogP contribution in [0.15, 0.2) is 47.6 Å². The molecule has 0 unspecified atom stereocenters. The molecule has 0 bridgehead atoms. The van der Waals surface area contributed by atoms with Crippen LogP contribution in [-0.4, -0.2) is 25.5 Å². The maximum atomic E-state index is 10.6. The zero-order chi connectivity index (χ0) is 18.1. The minimum Gasteiger partial charge on any atom is -0.493 e. The van der Waals surface area contributed by atoms with Crippen LogP contribution in [0.4, 0.5) is 4.79 Å². The number of primary amides is 1. The Labute approximate surface area is 147 Å². The summed E-state index contributed by atoms with van der Waals surface area (Å²) in [6, 6.07) is 12.9. The second-order valence-electron chi connectivity index (χ2n) is 5.68. The minimum atomic E-state index is -0.701. The zero-order valence-corrected chi connectivity index (χ0v) is 14.5. The molecule has 0 spiro atoms. The lowest BCUT2D eigenvalue weighted by atomic mass is 10.1. The first-order valence-corrected chi connectivity index (χ1v) is 8.05. The van der Waals surface area contributed by atoms with Gasteiger partial charge >= 0.3 is 6.03 Å². The number of urea groups is 1. The van der Waals surface area contributed by atoms with Gasteiger partial charge in [0.1, 0.15) is 11.5 Å². The third kappa shape index (κ3) is 6.95. The van der Waals surface area contributed by atoms with E-state index in [-0.39, 0.29) is 0 Å². The van der Waals surface area contributed by atoms with Crippen LogP contribution in [-0.2, 0) is 0 Å². The molecule has 0 radical (unpaired) electrons. The van der Waals surface area contributed by atoms with Gasteiger partial charge in [-0.1, -0.05) is 18.2 Å². The maximum Gasteiger partial charge on any atom is 0.332 e. The second kappa shape index (κ2) is 9.32. The smallest absolute Gasteiger partial charge is 0.332 e. The Morgan fingerprint density at radius 3 is 2.44 bits per heavy atom. The Kier molecular flexibility index (Phi) is 6.83. The number of carbonyl (C=O) groups is 1. The third-order valence-electron chi connectivity index (χ3n) is 3.27. The number of amides is 2. The number of rotatable bonds is 8. The summed E-state index contributed by atoms with van der Waals surface area (Å²) >= 11 is 0. The van der Waals surface area contributed by atoms with E-state index < -0.39 is 6.03 Å². The van der Waals surface area contributed by atoms with Crippen molar-refractivity contribution in [3.05, 3.63) is 59.2 Å². The molecule has 0 aliphatic heterocycles. The molecule has 6 heteroatoms. The summed E-state index contributed by atoms with van der Waals surface area (Å²) in [5.74, 6) is 1.62. The lowest BCUT2D eigenvalue weighted by Gasteiger charge is -2.09. The van der Waals surface area contributed by atoms with Crippen molar-refractivity contribution in [1.29, 1.82) is 0 Å². The van der Waals surface area contributed by atoms with E-state index in [1.807, 2.05) is 36.4 Å². The number of nitrogens with zero attached hydrogens (tertiary/aromatic N) is 1. The fraction of sp³-hybridized carbons (Fsp3) is 0.263. The first kappa shape index (κ1) is 18.3. The molecule has 0 saturated carbocycles. The van der Waals surface area contributed by atoms with Gasteiger partial charge in [-0.15, -0.1) is 0 Å². The van der Waals surface area contributed by atoms with E-state index in [1.165, 1.54) is 17.3 Å². The van der Waals surface area contributed by atoms with Crippen molar-refractivity contribution in [1.82, 2.24) is 5.43 Å². The Balaban J connectivity index is 1.74. The lowest BCUT2D eigenvalue weighted by molar-refractivity contribution is 0.247. The van der Waals surface area contributed by atoms with Crippen LogP contribution in [0.25, 0.3) is 0 Å². The second-order valence-corrected chi connectivity index (χ2v) is 5.68.